The Morgan fingerprint density at radius 2 is 0.797 bits per heavy atom. The van der Waals surface area contributed by atoms with Crippen molar-refractivity contribution in [2.24, 2.45) is 0 Å². The third-order valence-electron chi connectivity index (χ3n) is 10.4. The smallest absolute Gasteiger partial charge is 0.306 e. The molecule has 0 aliphatic rings. The molecule has 0 saturated carbocycles. The summed E-state index contributed by atoms with van der Waals surface area (Å²) in [5.74, 6) is -0.369. The fourth-order valence-electron chi connectivity index (χ4n) is 6.37. The van der Waals surface area contributed by atoms with Crippen molar-refractivity contribution in [2.75, 3.05) is 54.1 Å². The summed E-state index contributed by atoms with van der Waals surface area (Å²) in [6, 6.07) is 0. The van der Waals surface area contributed by atoms with Gasteiger partial charge in [-0.05, 0) is 116 Å². The number of rotatable bonds is 47. The maximum Gasteiger partial charge on any atom is 0.306 e. The zero-order valence-electron chi connectivity index (χ0n) is 44.2. The van der Waals surface area contributed by atoms with Crippen molar-refractivity contribution in [3.8, 4) is 0 Å². The van der Waals surface area contributed by atoms with Crippen molar-refractivity contribution in [3.63, 3.8) is 0 Å². The molecular weight excluding hydrogens is 878 g/mol. The lowest BCUT2D eigenvalue weighted by molar-refractivity contribution is -0.870. The van der Waals surface area contributed by atoms with Gasteiger partial charge in [0.1, 0.15) is 19.3 Å². The molecule has 9 heteroatoms. The van der Waals surface area contributed by atoms with Crippen LogP contribution >= 0.6 is 7.82 Å². The number of carbonyl (C=O) groups is 1. The molecule has 69 heavy (non-hydrogen) atoms. The summed E-state index contributed by atoms with van der Waals surface area (Å²) in [5.41, 5.74) is 0. The number of nitrogens with zero attached hydrogens (tertiary/aromatic N) is 1. The first-order valence-corrected chi connectivity index (χ1v) is 28.0. The fraction of sp³-hybridized carbons (Fsp3) is 0.583. The number of allylic oxidation sites excluding steroid dienone is 24. The molecule has 0 spiro atoms. The van der Waals surface area contributed by atoms with Crippen molar-refractivity contribution in [3.05, 3.63) is 146 Å². The predicted molar refractivity (Wildman–Crippen MR) is 295 cm³/mol. The molecule has 0 aromatic carbocycles. The molecule has 0 aliphatic carbocycles. The number of ether oxygens (including phenoxy) is 2. The first-order chi connectivity index (χ1) is 33.6. The van der Waals surface area contributed by atoms with Gasteiger partial charge in [0.2, 0.25) is 0 Å². The zero-order chi connectivity index (χ0) is 50.5. The Hall–Kier alpha value is -3.62. The van der Waals surface area contributed by atoms with Crippen molar-refractivity contribution >= 4 is 13.8 Å². The third kappa shape index (κ3) is 55.2. The number of quaternary nitrogens is 1. The molecule has 0 N–H and O–H groups in total. The van der Waals surface area contributed by atoms with E-state index < -0.39 is 13.9 Å². The predicted octanol–water partition coefficient (Wildman–Crippen LogP) is 16.2. The van der Waals surface area contributed by atoms with Gasteiger partial charge in [0.05, 0.1) is 34.4 Å². The number of hydrogen-bond acceptors (Lipinski definition) is 7. The summed E-state index contributed by atoms with van der Waals surface area (Å²) in [7, 11) is 1.30. The van der Waals surface area contributed by atoms with Crippen molar-refractivity contribution in [2.45, 2.75) is 174 Å². The van der Waals surface area contributed by atoms with E-state index in [0.29, 0.717) is 17.6 Å². The van der Waals surface area contributed by atoms with Gasteiger partial charge in [0, 0.05) is 13.0 Å². The lowest BCUT2D eigenvalue weighted by atomic mass is 10.1. The Morgan fingerprint density at radius 3 is 1.19 bits per heavy atom. The molecule has 0 aromatic rings. The van der Waals surface area contributed by atoms with E-state index in [1.807, 2.05) is 21.1 Å². The minimum Gasteiger partial charge on any atom is -0.756 e. The van der Waals surface area contributed by atoms with E-state index in [2.05, 4.69) is 160 Å². The van der Waals surface area contributed by atoms with E-state index in [4.69, 9.17) is 18.5 Å². The normalized spacial score (nSPS) is 14.7. The molecule has 0 bridgehead atoms. The minimum absolute atomic E-state index is 0.00676. The zero-order valence-corrected chi connectivity index (χ0v) is 45.1. The third-order valence-corrected chi connectivity index (χ3v) is 11.4. The number of phosphoric ester groups is 1. The van der Waals surface area contributed by atoms with Gasteiger partial charge in [-0.25, -0.2) is 0 Å². The average molecular weight is 976 g/mol. The molecule has 390 valence electrons. The Bertz CT molecular complexity index is 1600. The molecule has 0 heterocycles. The number of likely N-dealkylation sites (N-methyl/N-ethyl adjacent to an activating group) is 1. The first-order valence-electron chi connectivity index (χ1n) is 26.6. The maximum absolute atomic E-state index is 12.8. The quantitative estimate of drug-likeness (QED) is 0.0197. The highest BCUT2D eigenvalue weighted by Gasteiger charge is 2.20. The highest BCUT2D eigenvalue weighted by Crippen LogP contribution is 2.38. The van der Waals surface area contributed by atoms with Crippen molar-refractivity contribution < 1.29 is 37.3 Å². The Balaban J connectivity index is 4.29. The maximum atomic E-state index is 12.8. The molecule has 0 aromatic heterocycles. The SMILES string of the molecule is CC/C=C\C/C=C\C/C=C\C/C=C\C/C=C\C/C=C\C/C=C\CCCCCCOCC(COP(=O)([O-])OCC[N+](C)(C)C)OC(=O)CCCCCCC/C=C\C/C=C\C/C=C\C/C=C\C/C=C\CC. The van der Waals surface area contributed by atoms with Crippen LogP contribution in [0.4, 0.5) is 0 Å². The largest absolute Gasteiger partial charge is 0.756 e. The van der Waals surface area contributed by atoms with Crippen LogP contribution in [0.1, 0.15) is 168 Å². The van der Waals surface area contributed by atoms with Gasteiger partial charge in [-0.3, -0.25) is 9.36 Å². The van der Waals surface area contributed by atoms with Gasteiger partial charge in [-0.15, -0.1) is 0 Å². The highest BCUT2D eigenvalue weighted by atomic mass is 31.2. The van der Waals surface area contributed by atoms with Crippen LogP contribution in [-0.2, 0) is 27.9 Å². The lowest BCUT2D eigenvalue weighted by Gasteiger charge is -2.28. The van der Waals surface area contributed by atoms with E-state index in [0.717, 1.165) is 148 Å². The molecular formula is C60H98NO7P. The molecule has 8 nitrogen and oxygen atoms in total. The van der Waals surface area contributed by atoms with E-state index in [-0.39, 0.29) is 32.2 Å². The summed E-state index contributed by atoms with van der Waals surface area (Å²) in [6.45, 7) is 5.05. The first kappa shape index (κ1) is 65.4. The fourth-order valence-corrected chi connectivity index (χ4v) is 7.10. The number of unbranched alkanes of at least 4 members (excludes halogenated alkanes) is 9. The second-order valence-electron chi connectivity index (χ2n) is 18.1. The van der Waals surface area contributed by atoms with Gasteiger partial charge >= 0.3 is 5.97 Å². The van der Waals surface area contributed by atoms with E-state index >= 15 is 0 Å². The molecule has 0 fully saturated rings. The standard InChI is InChI=1S/C60H98NO7P/c1-6-8-10-12-14-16-18-20-22-24-26-28-29-30-31-32-34-36-38-40-42-44-46-48-50-52-55-65-57-59(58-67-69(63,64)66-56-54-61(3,4)5)68-60(62)53-51-49-47-45-43-41-39-37-35-33-27-25-23-21-19-17-15-13-11-9-7-2/h8-11,14-17,20-23,26-28,30-31,33-34,36-37,39-40,42,59H,6-7,12-13,18-19,24-25,29,32,35,38,41,43-58H2,1-5H3/b10-8-,11-9-,16-14-,17-15-,22-20-,23-21-,28-26-,31-30-,33-27-,36-34-,39-37-,42-40-. The lowest BCUT2D eigenvalue weighted by Crippen LogP contribution is -2.37. The minimum atomic E-state index is -4.56. The molecule has 0 radical (unpaired) electrons. The van der Waals surface area contributed by atoms with Crippen LogP contribution in [0, 0.1) is 0 Å². The van der Waals surface area contributed by atoms with E-state index in [1.165, 1.54) is 0 Å². The average Bonchev–Trinajstić information content (AvgIpc) is 3.31. The summed E-state index contributed by atoms with van der Waals surface area (Å²) in [5, 5.41) is 0. The number of hydrogen-bond donors (Lipinski definition) is 0. The Morgan fingerprint density at radius 1 is 0.449 bits per heavy atom. The van der Waals surface area contributed by atoms with E-state index in [9.17, 15) is 14.3 Å². The second-order valence-corrected chi connectivity index (χ2v) is 19.5. The van der Waals surface area contributed by atoms with Crippen LogP contribution in [0.3, 0.4) is 0 Å². The molecule has 2 atom stereocenters. The number of phosphoric acid groups is 1. The molecule has 0 amide bonds. The van der Waals surface area contributed by atoms with Gasteiger partial charge in [-0.1, -0.05) is 192 Å². The molecule has 0 rings (SSSR count). The summed E-state index contributed by atoms with van der Waals surface area (Å²) in [4.78, 5) is 25.2. The summed E-state index contributed by atoms with van der Waals surface area (Å²) in [6.07, 6.45) is 75.9. The van der Waals surface area contributed by atoms with Crippen molar-refractivity contribution in [1.82, 2.24) is 0 Å². The van der Waals surface area contributed by atoms with Gasteiger partial charge in [-0.2, -0.15) is 0 Å². The van der Waals surface area contributed by atoms with Crippen LogP contribution in [0.25, 0.3) is 0 Å². The van der Waals surface area contributed by atoms with Crippen LogP contribution in [-0.4, -0.2) is 70.7 Å². The van der Waals surface area contributed by atoms with Gasteiger partial charge in [0.15, 0.2) is 0 Å². The number of carbonyl (C=O) groups excluding carboxylic acids is 1. The molecule has 0 saturated heterocycles. The summed E-state index contributed by atoms with van der Waals surface area (Å²) >= 11 is 0. The van der Waals surface area contributed by atoms with Crippen LogP contribution < -0.4 is 4.89 Å². The molecule has 2 unspecified atom stereocenters. The van der Waals surface area contributed by atoms with Crippen molar-refractivity contribution in [1.29, 1.82) is 0 Å². The topological polar surface area (TPSA) is 94.1 Å². The Labute approximate surface area is 423 Å². The van der Waals surface area contributed by atoms with Crippen LogP contribution in [0.5, 0.6) is 0 Å². The second kappa shape index (κ2) is 50.8. The monoisotopic (exact) mass is 976 g/mol. The van der Waals surface area contributed by atoms with Crippen LogP contribution in [0.2, 0.25) is 0 Å². The summed E-state index contributed by atoms with van der Waals surface area (Å²) < 4.78 is 34.7. The van der Waals surface area contributed by atoms with Crippen LogP contribution in [0.15, 0.2) is 146 Å². The van der Waals surface area contributed by atoms with Gasteiger partial charge in [0.25, 0.3) is 7.82 Å². The van der Waals surface area contributed by atoms with Gasteiger partial charge < -0.3 is 27.9 Å². The highest BCUT2D eigenvalue weighted by molar-refractivity contribution is 7.45. The Kier molecular flexibility index (Phi) is 48.1. The molecule has 0 aliphatic heterocycles. The number of esters is 1. The van der Waals surface area contributed by atoms with E-state index in [1.54, 1.807) is 0 Å².